The van der Waals surface area contributed by atoms with Gasteiger partial charge in [0.15, 0.2) is 0 Å². The van der Waals surface area contributed by atoms with E-state index in [9.17, 15) is 18.3 Å². The molecule has 0 saturated carbocycles. The summed E-state index contributed by atoms with van der Waals surface area (Å²) in [5.41, 5.74) is 0.244. The number of halogens is 4. The number of pyridine rings is 1. The van der Waals surface area contributed by atoms with Crippen LogP contribution in [0.15, 0.2) is 22.8 Å². The summed E-state index contributed by atoms with van der Waals surface area (Å²) in [6.07, 6.45) is -6.80. The number of nitrogens with zero attached hydrogens (tertiary/aromatic N) is 1. The zero-order valence-electron chi connectivity index (χ0n) is 7.63. The first-order valence-electron chi connectivity index (χ1n) is 4.26. The molecule has 0 spiro atoms. The molecule has 2 nitrogen and oxygen atoms in total. The highest BCUT2D eigenvalue weighted by Gasteiger charge is 2.28. The molecule has 0 radical (unpaired) electrons. The van der Waals surface area contributed by atoms with Crippen LogP contribution in [0.2, 0.25) is 0 Å². The highest BCUT2D eigenvalue weighted by molar-refractivity contribution is 9.10. The monoisotopic (exact) mass is 283 g/mol. The van der Waals surface area contributed by atoms with E-state index in [0.29, 0.717) is 4.60 Å². The second-order valence-corrected chi connectivity index (χ2v) is 3.87. The van der Waals surface area contributed by atoms with Crippen LogP contribution in [0.5, 0.6) is 0 Å². The minimum Gasteiger partial charge on any atom is -0.387 e. The van der Waals surface area contributed by atoms with Crippen molar-refractivity contribution in [3.63, 3.8) is 0 Å². The molecule has 6 heteroatoms. The van der Waals surface area contributed by atoms with Gasteiger partial charge in [-0.05, 0) is 34.5 Å². The maximum Gasteiger partial charge on any atom is 0.389 e. The van der Waals surface area contributed by atoms with Crippen molar-refractivity contribution in [1.82, 2.24) is 4.98 Å². The average molecular weight is 284 g/mol. The second kappa shape index (κ2) is 4.94. The standard InChI is InChI=1S/C9H9BrF3NO/c10-8-3-1-2-6(14-8)7(15)4-5-9(11,12)13/h1-3,7,15H,4-5H2. The summed E-state index contributed by atoms with van der Waals surface area (Å²) in [5, 5.41) is 9.42. The number of aliphatic hydroxyl groups is 1. The van der Waals surface area contributed by atoms with Gasteiger partial charge in [-0.25, -0.2) is 4.98 Å². The van der Waals surface area contributed by atoms with Crippen molar-refractivity contribution in [2.75, 3.05) is 0 Å². The Kier molecular flexibility index (Phi) is 4.10. The first-order chi connectivity index (χ1) is 6.88. The van der Waals surface area contributed by atoms with Gasteiger partial charge in [-0.15, -0.1) is 0 Å². The summed E-state index contributed by atoms with van der Waals surface area (Å²) >= 11 is 3.08. The van der Waals surface area contributed by atoms with Crippen LogP contribution in [0.3, 0.4) is 0 Å². The zero-order valence-corrected chi connectivity index (χ0v) is 9.22. The van der Waals surface area contributed by atoms with Crippen molar-refractivity contribution in [3.8, 4) is 0 Å². The predicted molar refractivity (Wildman–Crippen MR) is 52.2 cm³/mol. The van der Waals surface area contributed by atoms with Gasteiger partial charge in [0.25, 0.3) is 0 Å². The minimum absolute atomic E-state index is 0.244. The molecule has 1 heterocycles. The van der Waals surface area contributed by atoms with Crippen molar-refractivity contribution in [2.45, 2.75) is 25.1 Å². The van der Waals surface area contributed by atoms with Crippen molar-refractivity contribution in [3.05, 3.63) is 28.5 Å². The van der Waals surface area contributed by atoms with Crippen LogP contribution in [-0.2, 0) is 0 Å². The normalized spacial score (nSPS) is 13.9. The number of alkyl halides is 3. The Hall–Kier alpha value is -0.620. The molecule has 0 aliphatic heterocycles. The Labute approximate surface area is 93.3 Å². The van der Waals surface area contributed by atoms with Gasteiger partial charge in [0.2, 0.25) is 0 Å². The molecule has 0 aliphatic rings. The topological polar surface area (TPSA) is 33.1 Å². The fourth-order valence-electron chi connectivity index (χ4n) is 1.06. The molecular weight excluding hydrogens is 275 g/mol. The number of rotatable bonds is 3. The van der Waals surface area contributed by atoms with Crippen molar-refractivity contribution in [2.24, 2.45) is 0 Å². The largest absolute Gasteiger partial charge is 0.389 e. The van der Waals surface area contributed by atoms with Crippen LogP contribution in [0.1, 0.15) is 24.6 Å². The summed E-state index contributed by atoms with van der Waals surface area (Å²) in [4.78, 5) is 3.87. The van der Waals surface area contributed by atoms with E-state index in [0.717, 1.165) is 0 Å². The van der Waals surface area contributed by atoms with E-state index >= 15 is 0 Å². The van der Waals surface area contributed by atoms with Gasteiger partial charge in [0.1, 0.15) is 4.60 Å². The Bertz CT molecular complexity index is 329. The van der Waals surface area contributed by atoms with Gasteiger partial charge in [-0.1, -0.05) is 6.07 Å². The molecule has 1 atom stereocenters. The minimum atomic E-state index is -4.24. The average Bonchev–Trinajstić information content (AvgIpc) is 2.13. The molecule has 0 aromatic carbocycles. The van der Waals surface area contributed by atoms with E-state index in [1.54, 1.807) is 12.1 Å². The van der Waals surface area contributed by atoms with Crippen molar-refractivity contribution < 1.29 is 18.3 Å². The van der Waals surface area contributed by atoms with E-state index in [1.807, 2.05) is 0 Å². The lowest BCUT2D eigenvalue weighted by Gasteiger charge is -2.11. The lowest BCUT2D eigenvalue weighted by molar-refractivity contribution is -0.140. The number of hydrogen-bond donors (Lipinski definition) is 1. The van der Waals surface area contributed by atoms with Gasteiger partial charge in [0, 0.05) is 6.42 Å². The summed E-state index contributed by atoms with van der Waals surface area (Å²) < 4.78 is 36.1. The van der Waals surface area contributed by atoms with Gasteiger partial charge < -0.3 is 5.11 Å². The Balaban J connectivity index is 2.58. The number of aromatic nitrogens is 1. The molecule has 1 aromatic heterocycles. The molecule has 84 valence electrons. The molecule has 1 aromatic rings. The van der Waals surface area contributed by atoms with Gasteiger partial charge in [-0.2, -0.15) is 13.2 Å². The SMILES string of the molecule is OC(CCC(F)(F)F)c1cccc(Br)n1. The molecule has 1 rings (SSSR count). The summed E-state index contributed by atoms with van der Waals surface area (Å²) in [6, 6.07) is 4.75. The third kappa shape index (κ3) is 4.61. The van der Waals surface area contributed by atoms with E-state index in [1.165, 1.54) is 6.07 Å². The smallest absolute Gasteiger partial charge is 0.387 e. The third-order valence-electron chi connectivity index (χ3n) is 1.78. The first-order valence-corrected chi connectivity index (χ1v) is 5.05. The van der Waals surface area contributed by atoms with Gasteiger partial charge >= 0.3 is 6.18 Å². The fraction of sp³-hybridized carbons (Fsp3) is 0.444. The molecular formula is C9H9BrF3NO. The maximum atomic E-state index is 11.9. The molecule has 0 amide bonds. The molecule has 0 saturated heterocycles. The molecule has 1 unspecified atom stereocenters. The quantitative estimate of drug-likeness (QED) is 0.864. The lowest BCUT2D eigenvalue weighted by atomic mass is 10.1. The van der Waals surface area contributed by atoms with Crippen LogP contribution in [-0.4, -0.2) is 16.3 Å². The second-order valence-electron chi connectivity index (χ2n) is 3.05. The Morgan fingerprint density at radius 2 is 2.07 bits per heavy atom. The third-order valence-corrected chi connectivity index (χ3v) is 2.22. The summed E-state index contributed by atoms with van der Waals surface area (Å²) in [5.74, 6) is 0. The van der Waals surface area contributed by atoms with Crippen molar-refractivity contribution in [1.29, 1.82) is 0 Å². The van der Waals surface area contributed by atoms with Crippen LogP contribution < -0.4 is 0 Å². The first kappa shape index (κ1) is 12.4. The lowest BCUT2D eigenvalue weighted by Crippen LogP contribution is -2.10. The van der Waals surface area contributed by atoms with Crippen LogP contribution in [0, 0.1) is 0 Å². The summed E-state index contributed by atoms with van der Waals surface area (Å²) in [7, 11) is 0. The van der Waals surface area contributed by atoms with E-state index in [4.69, 9.17) is 0 Å². The van der Waals surface area contributed by atoms with E-state index in [2.05, 4.69) is 20.9 Å². The van der Waals surface area contributed by atoms with Gasteiger partial charge in [0.05, 0.1) is 11.8 Å². The molecule has 0 bridgehead atoms. The predicted octanol–water partition coefficient (Wildman–Crippen LogP) is 3.22. The van der Waals surface area contributed by atoms with Crippen molar-refractivity contribution >= 4 is 15.9 Å². The van der Waals surface area contributed by atoms with E-state index < -0.39 is 18.7 Å². The highest BCUT2D eigenvalue weighted by atomic mass is 79.9. The van der Waals surface area contributed by atoms with E-state index in [-0.39, 0.29) is 12.1 Å². The fourth-order valence-corrected chi connectivity index (χ4v) is 1.42. The molecule has 1 N–H and O–H groups in total. The van der Waals surface area contributed by atoms with Crippen LogP contribution in [0.4, 0.5) is 13.2 Å². The maximum absolute atomic E-state index is 11.9. The Morgan fingerprint density at radius 3 is 2.60 bits per heavy atom. The molecule has 0 fully saturated rings. The number of aliphatic hydroxyl groups excluding tert-OH is 1. The Morgan fingerprint density at radius 1 is 1.40 bits per heavy atom. The molecule has 0 aliphatic carbocycles. The van der Waals surface area contributed by atoms with Gasteiger partial charge in [-0.3, -0.25) is 0 Å². The highest BCUT2D eigenvalue weighted by Crippen LogP contribution is 2.27. The zero-order chi connectivity index (χ0) is 11.5. The summed E-state index contributed by atoms with van der Waals surface area (Å²) in [6.45, 7) is 0. The van der Waals surface area contributed by atoms with Crippen LogP contribution in [0.25, 0.3) is 0 Å². The van der Waals surface area contributed by atoms with Crippen LogP contribution >= 0.6 is 15.9 Å². The molecule has 15 heavy (non-hydrogen) atoms. The number of hydrogen-bond acceptors (Lipinski definition) is 2.